The third kappa shape index (κ3) is 4.31. The van der Waals surface area contributed by atoms with E-state index in [0.29, 0.717) is 18.5 Å². The summed E-state index contributed by atoms with van der Waals surface area (Å²) in [6, 6.07) is 3.40. The van der Waals surface area contributed by atoms with Crippen LogP contribution in [-0.4, -0.2) is 25.9 Å². The van der Waals surface area contributed by atoms with Crippen molar-refractivity contribution in [3.63, 3.8) is 0 Å². The summed E-state index contributed by atoms with van der Waals surface area (Å²) in [5.41, 5.74) is 4.16. The van der Waals surface area contributed by atoms with Crippen LogP contribution in [0.2, 0.25) is 0 Å². The molecule has 0 aromatic heterocycles. The van der Waals surface area contributed by atoms with Crippen LogP contribution < -0.4 is 5.73 Å². The van der Waals surface area contributed by atoms with Crippen molar-refractivity contribution in [1.82, 2.24) is 0 Å². The number of hydrogen-bond donors (Lipinski definition) is 1. The van der Waals surface area contributed by atoms with E-state index >= 15 is 0 Å². The Bertz CT molecular complexity index is 386. The van der Waals surface area contributed by atoms with Crippen molar-refractivity contribution in [2.24, 2.45) is 5.73 Å². The summed E-state index contributed by atoms with van der Waals surface area (Å²) in [7, 11) is 1.40. The van der Waals surface area contributed by atoms with Gasteiger partial charge in [0.1, 0.15) is 5.67 Å². The Morgan fingerprint density at radius 2 is 2.00 bits per heavy atom. The van der Waals surface area contributed by atoms with E-state index in [9.17, 15) is 13.2 Å². The minimum Gasteiger partial charge on any atom is -0.381 e. The van der Waals surface area contributed by atoms with E-state index in [1.54, 1.807) is 0 Å². The van der Waals surface area contributed by atoms with Gasteiger partial charge < -0.3 is 10.5 Å². The molecular formula is C13H18F3NO. The van der Waals surface area contributed by atoms with E-state index in [-0.39, 0.29) is 19.4 Å². The van der Waals surface area contributed by atoms with Crippen LogP contribution in [-0.2, 0) is 11.2 Å². The largest absolute Gasteiger partial charge is 0.381 e. The van der Waals surface area contributed by atoms with Crippen LogP contribution in [0.15, 0.2) is 18.2 Å². The normalized spacial score (nSPS) is 14.5. The fourth-order valence-corrected chi connectivity index (χ4v) is 1.90. The zero-order valence-electron chi connectivity index (χ0n) is 10.4. The van der Waals surface area contributed by atoms with Gasteiger partial charge in [-0.15, -0.1) is 0 Å². The number of benzene rings is 1. The lowest BCUT2D eigenvalue weighted by Gasteiger charge is -2.24. The highest BCUT2D eigenvalue weighted by molar-refractivity contribution is 5.19. The molecule has 0 amide bonds. The third-order valence-electron chi connectivity index (χ3n) is 2.74. The molecule has 0 fully saturated rings. The Morgan fingerprint density at radius 3 is 2.56 bits per heavy atom. The van der Waals surface area contributed by atoms with Crippen molar-refractivity contribution in [3.05, 3.63) is 35.4 Å². The van der Waals surface area contributed by atoms with Gasteiger partial charge in [0.25, 0.3) is 0 Å². The first kappa shape index (κ1) is 15.0. The zero-order valence-corrected chi connectivity index (χ0v) is 10.4. The highest BCUT2D eigenvalue weighted by atomic mass is 19.2. The summed E-state index contributed by atoms with van der Waals surface area (Å²) in [6.07, 6.45) is 0.734. The zero-order chi connectivity index (χ0) is 13.6. The second kappa shape index (κ2) is 6.75. The molecule has 0 aliphatic heterocycles. The molecule has 0 heterocycles. The van der Waals surface area contributed by atoms with Crippen LogP contribution in [0.25, 0.3) is 0 Å². The smallest absolute Gasteiger partial charge is 0.159 e. The quantitative estimate of drug-likeness (QED) is 0.818. The van der Waals surface area contributed by atoms with E-state index in [4.69, 9.17) is 10.5 Å². The Hall–Kier alpha value is -1.07. The molecule has 2 nitrogen and oxygen atoms in total. The predicted molar refractivity (Wildman–Crippen MR) is 64.1 cm³/mol. The Morgan fingerprint density at radius 1 is 1.28 bits per heavy atom. The number of hydrogen-bond acceptors (Lipinski definition) is 2. The number of rotatable bonds is 7. The van der Waals surface area contributed by atoms with Gasteiger partial charge in [0, 0.05) is 13.5 Å². The Labute approximate surface area is 105 Å². The maximum absolute atomic E-state index is 14.5. The molecule has 0 aliphatic carbocycles. The maximum atomic E-state index is 14.5. The summed E-state index contributed by atoms with van der Waals surface area (Å²) in [5.74, 6) is -1.90. The molecule has 1 unspecified atom stereocenters. The molecule has 0 saturated heterocycles. The van der Waals surface area contributed by atoms with Crippen molar-refractivity contribution in [1.29, 1.82) is 0 Å². The molecule has 0 bridgehead atoms. The number of alkyl halides is 1. The summed E-state index contributed by atoms with van der Waals surface area (Å²) in [4.78, 5) is 0. The van der Waals surface area contributed by atoms with Crippen LogP contribution in [0.5, 0.6) is 0 Å². The van der Waals surface area contributed by atoms with Crippen LogP contribution in [0.4, 0.5) is 13.2 Å². The van der Waals surface area contributed by atoms with Gasteiger partial charge in [0.2, 0.25) is 0 Å². The topological polar surface area (TPSA) is 35.2 Å². The molecule has 0 radical (unpaired) electrons. The van der Waals surface area contributed by atoms with E-state index in [1.807, 2.05) is 0 Å². The monoisotopic (exact) mass is 261 g/mol. The molecule has 1 atom stereocenters. The van der Waals surface area contributed by atoms with Crippen molar-refractivity contribution in [2.75, 3.05) is 20.3 Å². The molecular weight excluding hydrogens is 243 g/mol. The Balaban J connectivity index is 2.78. The summed E-state index contributed by atoms with van der Waals surface area (Å²) >= 11 is 0. The summed E-state index contributed by atoms with van der Waals surface area (Å²) in [5, 5.41) is 0. The standard InChI is InChI=1S/C13H18F3NO/c1-18-9-13(16,5-2-6-17)8-10-3-4-11(14)12(15)7-10/h3-4,7H,2,5-6,8-9,17H2,1H3. The van der Waals surface area contributed by atoms with Crippen molar-refractivity contribution in [3.8, 4) is 0 Å². The van der Waals surface area contributed by atoms with Gasteiger partial charge in [-0.1, -0.05) is 6.07 Å². The SMILES string of the molecule is COCC(F)(CCCN)Cc1ccc(F)c(F)c1. The average molecular weight is 261 g/mol. The fraction of sp³-hybridized carbons (Fsp3) is 0.538. The highest BCUT2D eigenvalue weighted by Crippen LogP contribution is 2.25. The summed E-state index contributed by atoms with van der Waals surface area (Å²) in [6.45, 7) is 0.291. The number of halogens is 3. The van der Waals surface area contributed by atoms with Crippen LogP contribution in [0.1, 0.15) is 18.4 Å². The van der Waals surface area contributed by atoms with Crippen molar-refractivity contribution in [2.45, 2.75) is 24.9 Å². The third-order valence-corrected chi connectivity index (χ3v) is 2.74. The van der Waals surface area contributed by atoms with E-state index in [2.05, 4.69) is 0 Å². The van der Waals surface area contributed by atoms with Crippen LogP contribution >= 0.6 is 0 Å². The van der Waals surface area contributed by atoms with Crippen molar-refractivity contribution < 1.29 is 17.9 Å². The summed E-state index contributed by atoms with van der Waals surface area (Å²) < 4.78 is 45.2. The minimum absolute atomic E-state index is 0.0158. The highest BCUT2D eigenvalue weighted by Gasteiger charge is 2.29. The molecule has 0 saturated carbocycles. The molecule has 102 valence electrons. The van der Waals surface area contributed by atoms with Crippen LogP contribution in [0, 0.1) is 11.6 Å². The molecule has 0 spiro atoms. The number of methoxy groups -OCH3 is 1. The van der Waals surface area contributed by atoms with Gasteiger partial charge in [-0.25, -0.2) is 13.2 Å². The first-order valence-corrected chi connectivity index (χ1v) is 5.82. The van der Waals surface area contributed by atoms with Gasteiger partial charge in [0.05, 0.1) is 6.61 Å². The molecule has 1 rings (SSSR count). The van der Waals surface area contributed by atoms with E-state index in [0.717, 1.165) is 12.1 Å². The van der Waals surface area contributed by atoms with Gasteiger partial charge >= 0.3 is 0 Å². The van der Waals surface area contributed by atoms with Crippen molar-refractivity contribution >= 4 is 0 Å². The second-order valence-electron chi connectivity index (χ2n) is 4.40. The molecule has 18 heavy (non-hydrogen) atoms. The number of nitrogens with two attached hydrogens (primary N) is 1. The number of ether oxygens (including phenoxy) is 1. The van der Waals surface area contributed by atoms with Gasteiger partial charge in [-0.05, 0) is 37.1 Å². The van der Waals surface area contributed by atoms with Gasteiger partial charge in [-0.3, -0.25) is 0 Å². The van der Waals surface area contributed by atoms with E-state index in [1.165, 1.54) is 13.2 Å². The van der Waals surface area contributed by atoms with Gasteiger partial charge in [-0.2, -0.15) is 0 Å². The molecule has 1 aromatic rings. The molecule has 2 N–H and O–H groups in total. The predicted octanol–water partition coefficient (Wildman–Crippen LogP) is 2.60. The first-order valence-electron chi connectivity index (χ1n) is 5.82. The van der Waals surface area contributed by atoms with E-state index < -0.39 is 17.3 Å². The molecule has 1 aromatic carbocycles. The maximum Gasteiger partial charge on any atom is 0.159 e. The second-order valence-corrected chi connectivity index (χ2v) is 4.40. The average Bonchev–Trinajstić information content (AvgIpc) is 2.32. The lowest BCUT2D eigenvalue weighted by molar-refractivity contribution is 0.0334. The van der Waals surface area contributed by atoms with Crippen LogP contribution in [0.3, 0.4) is 0 Å². The lowest BCUT2D eigenvalue weighted by Crippen LogP contribution is -2.32. The Kier molecular flexibility index (Phi) is 5.62. The fourth-order valence-electron chi connectivity index (χ4n) is 1.90. The first-order chi connectivity index (χ1) is 8.50. The molecule has 5 heteroatoms. The molecule has 0 aliphatic rings. The lowest BCUT2D eigenvalue weighted by atomic mass is 9.92. The van der Waals surface area contributed by atoms with Gasteiger partial charge in [0.15, 0.2) is 11.6 Å². The minimum atomic E-state index is -1.60.